The van der Waals surface area contributed by atoms with Crippen molar-refractivity contribution in [3.63, 3.8) is 0 Å². The minimum atomic E-state index is -0.677. The second kappa shape index (κ2) is 13.3. The lowest BCUT2D eigenvalue weighted by molar-refractivity contribution is 0.0296. The van der Waals surface area contributed by atoms with Crippen molar-refractivity contribution in [2.75, 3.05) is 26.9 Å². The molecule has 0 aliphatic carbocycles. The summed E-state index contributed by atoms with van der Waals surface area (Å²) in [6.45, 7) is 4.55. The van der Waals surface area contributed by atoms with E-state index in [-0.39, 0.29) is 13.2 Å². The summed E-state index contributed by atoms with van der Waals surface area (Å²) in [5.41, 5.74) is 4.48. The summed E-state index contributed by atoms with van der Waals surface area (Å²) in [4.78, 5) is 21.6. The van der Waals surface area contributed by atoms with Crippen LogP contribution < -0.4 is 4.74 Å². The largest absolute Gasteiger partial charge is 0.491 e. The highest BCUT2D eigenvalue weighted by Gasteiger charge is 2.22. The van der Waals surface area contributed by atoms with Gasteiger partial charge < -0.3 is 19.3 Å². The molecule has 1 N–H and O–H groups in total. The van der Waals surface area contributed by atoms with Gasteiger partial charge in [-0.15, -0.1) is 0 Å². The van der Waals surface area contributed by atoms with Gasteiger partial charge in [-0.3, -0.25) is 9.97 Å². The van der Waals surface area contributed by atoms with Gasteiger partial charge >= 0.3 is 5.97 Å². The van der Waals surface area contributed by atoms with E-state index in [1.807, 2.05) is 54.7 Å². The molecule has 2 aromatic carbocycles. The van der Waals surface area contributed by atoms with Crippen LogP contribution in [0.5, 0.6) is 5.75 Å². The average molecular weight is 511 g/mol. The predicted octanol–water partition coefficient (Wildman–Crippen LogP) is 5.58. The maximum absolute atomic E-state index is 13.1. The molecule has 194 valence electrons. The molecule has 0 bridgehead atoms. The van der Waals surface area contributed by atoms with Gasteiger partial charge in [0.05, 0.1) is 24.3 Å². The summed E-state index contributed by atoms with van der Waals surface area (Å²) in [5.74, 6) is 0.0551. The molecule has 0 unspecified atom stereocenters. The van der Waals surface area contributed by atoms with E-state index in [0.717, 1.165) is 27.6 Å². The first-order valence-corrected chi connectivity index (χ1v) is 12.3. The molecular weight excluding hydrogens is 480 g/mol. The number of carbonyl (C=O) groups is 1. The van der Waals surface area contributed by atoms with Crippen LogP contribution in [0.3, 0.4) is 0 Å². The van der Waals surface area contributed by atoms with Crippen LogP contribution in [-0.2, 0) is 9.47 Å². The van der Waals surface area contributed by atoms with E-state index in [1.54, 1.807) is 37.7 Å². The van der Waals surface area contributed by atoms with Crippen LogP contribution >= 0.6 is 0 Å². The van der Waals surface area contributed by atoms with E-state index in [2.05, 4.69) is 22.6 Å². The molecular formula is C31H30N2O5. The number of benzene rings is 2. The summed E-state index contributed by atoms with van der Waals surface area (Å²) in [6.07, 6.45) is 6.55. The number of methoxy groups -OCH3 is 1. The average Bonchev–Trinajstić information content (AvgIpc) is 2.96. The maximum Gasteiger partial charge on any atom is 0.338 e. The first kappa shape index (κ1) is 26.7. The predicted molar refractivity (Wildman–Crippen MR) is 147 cm³/mol. The number of para-hydroxylation sites is 2. The van der Waals surface area contributed by atoms with Crippen molar-refractivity contribution in [2.45, 2.75) is 12.5 Å². The lowest BCUT2D eigenvalue weighted by Crippen LogP contribution is -2.14. The van der Waals surface area contributed by atoms with Gasteiger partial charge in [-0.05, 0) is 41.5 Å². The zero-order valence-corrected chi connectivity index (χ0v) is 21.2. The second-order valence-corrected chi connectivity index (χ2v) is 8.55. The fraction of sp³-hybridized carbons (Fsp3) is 0.194. The Morgan fingerprint density at radius 2 is 1.82 bits per heavy atom. The number of carbonyl (C=O) groups excluding carboxylic acids is 1. The summed E-state index contributed by atoms with van der Waals surface area (Å²) < 4.78 is 17.1. The molecule has 0 amide bonds. The van der Waals surface area contributed by atoms with Crippen LogP contribution in [0.15, 0.2) is 104 Å². The molecule has 7 heteroatoms. The molecule has 0 saturated carbocycles. The van der Waals surface area contributed by atoms with E-state index in [4.69, 9.17) is 14.2 Å². The molecule has 4 rings (SSSR count). The first-order chi connectivity index (χ1) is 18.6. The molecule has 0 spiro atoms. The van der Waals surface area contributed by atoms with Gasteiger partial charge in [0.25, 0.3) is 0 Å². The van der Waals surface area contributed by atoms with Crippen LogP contribution in [0.1, 0.15) is 34.0 Å². The van der Waals surface area contributed by atoms with Gasteiger partial charge in [-0.25, -0.2) is 4.79 Å². The lowest BCUT2D eigenvalue weighted by atomic mass is 9.96. The topological polar surface area (TPSA) is 90.8 Å². The van der Waals surface area contributed by atoms with Gasteiger partial charge in [0.15, 0.2) is 0 Å². The summed E-state index contributed by atoms with van der Waals surface area (Å²) in [6, 6.07) is 20.5. The Bertz CT molecular complexity index is 1420. The number of pyridine rings is 2. The Morgan fingerprint density at radius 1 is 1.05 bits per heavy atom. The third-order valence-electron chi connectivity index (χ3n) is 5.92. The van der Waals surface area contributed by atoms with Gasteiger partial charge in [0, 0.05) is 48.6 Å². The summed E-state index contributed by atoms with van der Waals surface area (Å²) >= 11 is 0. The van der Waals surface area contributed by atoms with E-state index in [1.165, 1.54) is 0 Å². The van der Waals surface area contributed by atoms with E-state index >= 15 is 0 Å². The Balaban J connectivity index is 1.72. The normalized spacial score (nSPS) is 12.2. The van der Waals surface area contributed by atoms with Gasteiger partial charge in [-0.2, -0.15) is 0 Å². The SMILES string of the molecule is C=C(COC)/C(=C/C[C@H](OC(=O)c1ccncc1)c1ccccc1OCCO)c1cnc2ccccc2c1. The number of hydrogen-bond donors (Lipinski definition) is 1. The molecule has 0 radical (unpaired) electrons. The van der Waals surface area contributed by atoms with Crippen LogP contribution in [0.25, 0.3) is 16.5 Å². The number of hydrogen-bond acceptors (Lipinski definition) is 7. The maximum atomic E-state index is 13.1. The quantitative estimate of drug-likeness (QED) is 0.197. The van der Waals surface area contributed by atoms with Crippen LogP contribution in [0, 0.1) is 0 Å². The highest BCUT2D eigenvalue weighted by molar-refractivity contribution is 5.89. The van der Waals surface area contributed by atoms with Crippen LogP contribution in [0.4, 0.5) is 0 Å². The number of nitrogens with zero attached hydrogens (tertiary/aromatic N) is 2. The first-order valence-electron chi connectivity index (χ1n) is 12.3. The van der Waals surface area contributed by atoms with Gasteiger partial charge in [-0.1, -0.05) is 49.1 Å². The number of aliphatic hydroxyl groups is 1. The summed E-state index contributed by atoms with van der Waals surface area (Å²) in [7, 11) is 1.62. The van der Waals surface area contributed by atoms with E-state index < -0.39 is 12.1 Å². The highest BCUT2D eigenvalue weighted by Crippen LogP contribution is 2.34. The molecule has 2 heterocycles. The zero-order chi connectivity index (χ0) is 26.7. The minimum absolute atomic E-state index is 0.122. The third-order valence-corrected chi connectivity index (χ3v) is 5.92. The Hall–Kier alpha value is -4.33. The van der Waals surface area contributed by atoms with Crippen molar-refractivity contribution in [3.05, 3.63) is 120 Å². The number of rotatable bonds is 12. The Morgan fingerprint density at radius 3 is 2.61 bits per heavy atom. The molecule has 0 aliphatic rings. The molecule has 0 fully saturated rings. The second-order valence-electron chi connectivity index (χ2n) is 8.55. The summed E-state index contributed by atoms with van der Waals surface area (Å²) in [5, 5.41) is 10.3. The highest BCUT2D eigenvalue weighted by atomic mass is 16.5. The fourth-order valence-electron chi connectivity index (χ4n) is 4.12. The van der Waals surface area contributed by atoms with Crippen molar-refractivity contribution in [1.29, 1.82) is 0 Å². The minimum Gasteiger partial charge on any atom is -0.491 e. The number of aromatic nitrogens is 2. The molecule has 4 aromatic rings. The molecule has 7 nitrogen and oxygen atoms in total. The van der Waals surface area contributed by atoms with E-state index in [9.17, 15) is 9.90 Å². The van der Waals surface area contributed by atoms with Crippen molar-refractivity contribution < 1.29 is 24.1 Å². The molecule has 2 aromatic heterocycles. The zero-order valence-electron chi connectivity index (χ0n) is 21.2. The molecule has 38 heavy (non-hydrogen) atoms. The number of ether oxygens (including phenoxy) is 3. The van der Waals surface area contributed by atoms with Crippen molar-refractivity contribution >= 4 is 22.4 Å². The molecule has 0 aliphatic heterocycles. The molecule has 1 atom stereocenters. The van der Waals surface area contributed by atoms with Crippen LogP contribution in [0.2, 0.25) is 0 Å². The van der Waals surface area contributed by atoms with E-state index in [0.29, 0.717) is 29.9 Å². The van der Waals surface area contributed by atoms with Crippen LogP contribution in [-0.4, -0.2) is 48.0 Å². The standard InChI is InChI=1S/C31H30N2O5/c1-22(21-36-2)26(25-19-24-7-3-5-9-28(24)33-20-25)11-12-30(38-31(35)23-13-15-32-16-14-23)27-8-4-6-10-29(27)37-18-17-34/h3-11,13-16,19-20,30,34H,1,12,17-18,21H2,2H3/b26-11-/t30-/m0/s1. The molecule has 0 saturated heterocycles. The number of fused-ring (bicyclic) bond motifs is 1. The smallest absolute Gasteiger partial charge is 0.338 e. The van der Waals surface area contributed by atoms with Crippen molar-refractivity contribution in [3.8, 4) is 5.75 Å². The number of esters is 1. The van der Waals surface area contributed by atoms with Gasteiger partial charge in [0.2, 0.25) is 0 Å². The lowest BCUT2D eigenvalue weighted by Gasteiger charge is -2.21. The monoisotopic (exact) mass is 510 g/mol. The third kappa shape index (κ3) is 6.70. The fourth-order valence-corrected chi connectivity index (χ4v) is 4.12. The van der Waals surface area contributed by atoms with Gasteiger partial charge in [0.1, 0.15) is 18.5 Å². The Labute approximate surface area is 222 Å². The van der Waals surface area contributed by atoms with Crippen molar-refractivity contribution in [1.82, 2.24) is 9.97 Å². The van der Waals surface area contributed by atoms with Crippen molar-refractivity contribution in [2.24, 2.45) is 0 Å². The number of aliphatic hydroxyl groups excluding tert-OH is 1. The Kier molecular flexibility index (Phi) is 9.34.